The van der Waals surface area contributed by atoms with Gasteiger partial charge in [-0.05, 0) is 42.7 Å². The molecule has 0 heterocycles. The molecule has 156 valence electrons. The lowest BCUT2D eigenvalue weighted by atomic mass is 9.88. The van der Waals surface area contributed by atoms with Gasteiger partial charge in [0.25, 0.3) is 5.91 Å². The molecule has 0 unspecified atom stereocenters. The molecule has 3 rings (SSSR count). The van der Waals surface area contributed by atoms with Crippen LogP contribution in [0.25, 0.3) is 0 Å². The van der Waals surface area contributed by atoms with Crippen molar-refractivity contribution in [2.45, 2.75) is 37.9 Å². The molecule has 2 aromatic carbocycles. The topological polar surface area (TPSA) is 82.0 Å². The molecular weight excluding hydrogens is 394 g/mol. The Morgan fingerprint density at radius 3 is 2.67 bits per heavy atom. The number of nitrogens with zero attached hydrogens (tertiary/aromatic N) is 1. The van der Waals surface area contributed by atoms with Gasteiger partial charge in [-0.2, -0.15) is 17.0 Å². The van der Waals surface area contributed by atoms with Crippen molar-refractivity contribution in [3.63, 3.8) is 0 Å². The largest absolute Gasteiger partial charge is 0.351 e. The molecule has 0 aromatic heterocycles. The molecule has 0 radical (unpaired) electrons. The number of nitrogens with one attached hydrogen (secondary N) is 2. The summed E-state index contributed by atoms with van der Waals surface area (Å²) in [5.41, 5.74) is 2.91. The van der Waals surface area contributed by atoms with Crippen molar-refractivity contribution >= 4 is 29.3 Å². The summed E-state index contributed by atoms with van der Waals surface area (Å²) in [6.07, 6.45) is 5.33. The highest BCUT2D eigenvalue weighted by Crippen LogP contribution is 2.25. The van der Waals surface area contributed by atoms with Crippen LogP contribution in [0.4, 0.5) is 5.69 Å². The van der Waals surface area contributed by atoms with Gasteiger partial charge in [-0.3, -0.25) is 9.59 Å². The summed E-state index contributed by atoms with van der Waals surface area (Å²) >= 11 is 1.68. The van der Waals surface area contributed by atoms with Gasteiger partial charge in [0.15, 0.2) is 0 Å². The highest BCUT2D eigenvalue weighted by molar-refractivity contribution is 7.98. The summed E-state index contributed by atoms with van der Waals surface area (Å²) in [7, 11) is 0. The summed E-state index contributed by atoms with van der Waals surface area (Å²) in [6.45, 7) is 0.539. The maximum absolute atomic E-state index is 12.4. The molecule has 30 heavy (non-hydrogen) atoms. The first-order chi connectivity index (χ1) is 14.7. The number of amides is 2. The molecule has 2 aromatic rings. The van der Waals surface area contributed by atoms with Crippen molar-refractivity contribution in [1.29, 1.82) is 5.26 Å². The van der Waals surface area contributed by atoms with Crippen molar-refractivity contribution < 1.29 is 9.59 Å². The fourth-order valence-electron chi connectivity index (χ4n) is 3.62. The van der Waals surface area contributed by atoms with Crippen LogP contribution < -0.4 is 10.6 Å². The lowest BCUT2D eigenvalue weighted by Gasteiger charge is -2.20. The van der Waals surface area contributed by atoms with E-state index in [0.29, 0.717) is 23.4 Å². The van der Waals surface area contributed by atoms with E-state index in [4.69, 9.17) is 5.26 Å². The van der Waals surface area contributed by atoms with Gasteiger partial charge >= 0.3 is 0 Å². The standard InChI is InChI=1S/C24H27N3O2S/c25-16-20-9-4-5-10-21(20)17-30-14-13-26-23(28)19-11-6-12-22(15-19)27-24(29)18-7-2-1-3-8-18/h4-6,9-12,15,18H,1-3,7-8,13-14,17H2,(H,26,28)(H,27,29). The fourth-order valence-corrected chi connectivity index (χ4v) is 4.49. The Morgan fingerprint density at radius 2 is 1.87 bits per heavy atom. The van der Waals surface area contributed by atoms with Crippen LogP contribution in [0.5, 0.6) is 0 Å². The Morgan fingerprint density at radius 1 is 1.07 bits per heavy atom. The first-order valence-electron chi connectivity index (χ1n) is 10.4. The van der Waals surface area contributed by atoms with Gasteiger partial charge in [-0.15, -0.1) is 0 Å². The number of carbonyl (C=O) groups is 2. The van der Waals surface area contributed by atoms with Crippen molar-refractivity contribution in [1.82, 2.24) is 5.32 Å². The number of hydrogen-bond acceptors (Lipinski definition) is 4. The lowest BCUT2D eigenvalue weighted by molar-refractivity contribution is -0.120. The molecule has 1 fully saturated rings. The van der Waals surface area contributed by atoms with Gasteiger partial charge < -0.3 is 10.6 Å². The van der Waals surface area contributed by atoms with E-state index in [0.717, 1.165) is 42.8 Å². The van der Waals surface area contributed by atoms with Crippen molar-refractivity contribution in [3.8, 4) is 6.07 Å². The van der Waals surface area contributed by atoms with E-state index >= 15 is 0 Å². The predicted molar refractivity (Wildman–Crippen MR) is 121 cm³/mol. The number of carbonyl (C=O) groups excluding carboxylic acids is 2. The molecule has 1 aliphatic rings. The van der Waals surface area contributed by atoms with Crippen LogP contribution in [-0.2, 0) is 10.5 Å². The third-order valence-corrected chi connectivity index (χ3v) is 6.30. The molecule has 2 N–H and O–H groups in total. The number of rotatable bonds is 8. The first kappa shape index (κ1) is 21.9. The van der Waals surface area contributed by atoms with E-state index in [1.54, 1.807) is 30.0 Å². The Hall–Kier alpha value is -2.78. The van der Waals surface area contributed by atoms with Gasteiger partial charge in [0.05, 0.1) is 11.6 Å². The summed E-state index contributed by atoms with van der Waals surface area (Å²) < 4.78 is 0. The summed E-state index contributed by atoms with van der Waals surface area (Å²) in [5, 5.41) is 15.0. The highest BCUT2D eigenvalue weighted by Gasteiger charge is 2.21. The number of hydrogen-bond donors (Lipinski definition) is 2. The number of benzene rings is 2. The SMILES string of the molecule is N#Cc1ccccc1CSCCNC(=O)c1cccc(NC(=O)C2CCCCC2)c1. The van der Waals surface area contributed by atoms with E-state index in [9.17, 15) is 9.59 Å². The highest BCUT2D eigenvalue weighted by atomic mass is 32.2. The molecular formula is C24H27N3O2S. The molecule has 5 nitrogen and oxygen atoms in total. The minimum absolute atomic E-state index is 0.0568. The van der Waals surface area contributed by atoms with Gasteiger partial charge in [0.1, 0.15) is 0 Å². The van der Waals surface area contributed by atoms with Gasteiger partial charge in [-0.1, -0.05) is 43.5 Å². The molecule has 6 heteroatoms. The fraction of sp³-hybridized carbons (Fsp3) is 0.375. The molecule has 2 amide bonds. The van der Waals surface area contributed by atoms with E-state index in [-0.39, 0.29) is 17.7 Å². The van der Waals surface area contributed by atoms with Crippen molar-refractivity contribution in [2.24, 2.45) is 5.92 Å². The van der Waals surface area contributed by atoms with E-state index in [2.05, 4.69) is 16.7 Å². The van der Waals surface area contributed by atoms with Crippen LogP contribution in [0.1, 0.15) is 53.6 Å². The Labute approximate surface area is 182 Å². The number of thioether (sulfide) groups is 1. The summed E-state index contributed by atoms with van der Waals surface area (Å²) in [6, 6.07) is 16.9. The molecule has 0 spiro atoms. The van der Waals surface area contributed by atoms with Crippen LogP contribution in [-0.4, -0.2) is 24.1 Å². The smallest absolute Gasteiger partial charge is 0.251 e. The predicted octanol–water partition coefficient (Wildman–Crippen LogP) is 4.74. The molecule has 0 aliphatic heterocycles. The summed E-state index contributed by atoms with van der Waals surface area (Å²) in [5.74, 6) is 1.48. The second-order valence-electron chi connectivity index (χ2n) is 7.48. The van der Waals surface area contributed by atoms with Crippen molar-refractivity contribution in [3.05, 3.63) is 65.2 Å². The molecule has 1 aliphatic carbocycles. The zero-order valence-electron chi connectivity index (χ0n) is 17.0. The minimum atomic E-state index is -0.151. The normalized spacial score (nSPS) is 14.0. The number of anilines is 1. The molecule has 1 saturated carbocycles. The maximum Gasteiger partial charge on any atom is 0.251 e. The second-order valence-corrected chi connectivity index (χ2v) is 8.59. The third kappa shape index (κ3) is 6.36. The van der Waals surface area contributed by atoms with Crippen LogP contribution in [0.3, 0.4) is 0 Å². The van der Waals surface area contributed by atoms with Crippen LogP contribution in [0.15, 0.2) is 48.5 Å². The minimum Gasteiger partial charge on any atom is -0.351 e. The zero-order valence-corrected chi connectivity index (χ0v) is 17.8. The van der Waals surface area contributed by atoms with E-state index in [1.165, 1.54) is 6.42 Å². The van der Waals surface area contributed by atoms with E-state index in [1.807, 2.05) is 30.3 Å². The average Bonchev–Trinajstić information content (AvgIpc) is 2.79. The summed E-state index contributed by atoms with van der Waals surface area (Å²) in [4.78, 5) is 24.9. The molecule has 0 atom stereocenters. The van der Waals surface area contributed by atoms with Gasteiger partial charge in [-0.25, -0.2) is 0 Å². The van der Waals surface area contributed by atoms with Crippen molar-refractivity contribution in [2.75, 3.05) is 17.6 Å². The maximum atomic E-state index is 12.4. The van der Waals surface area contributed by atoms with Gasteiger partial charge in [0.2, 0.25) is 5.91 Å². The molecule has 0 saturated heterocycles. The van der Waals surface area contributed by atoms with Crippen LogP contribution in [0, 0.1) is 17.2 Å². The van der Waals surface area contributed by atoms with Crippen LogP contribution in [0.2, 0.25) is 0 Å². The van der Waals surface area contributed by atoms with Gasteiger partial charge in [0, 0.05) is 35.2 Å². The zero-order chi connectivity index (χ0) is 21.2. The Bertz CT molecular complexity index is 917. The Balaban J connectivity index is 1.43. The third-order valence-electron chi connectivity index (χ3n) is 5.30. The monoisotopic (exact) mass is 421 g/mol. The first-order valence-corrected chi connectivity index (χ1v) is 11.6. The average molecular weight is 422 g/mol. The van der Waals surface area contributed by atoms with Crippen LogP contribution >= 0.6 is 11.8 Å². The Kier molecular flexibility index (Phi) is 8.34. The quantitative estimate of drug-likeness (QED) is 0.603. The molecule has 0 bridgehead atoms. The lowest BCUT2D eigenvalue weighted by Crippen LogP contribution is -2.27. The number of nitriles is 1. The second kappa shape index (κ2) is 11.4. The van der Waals surface area contributed by atoms with E-state index < -0.39 is 0 Å².